The fraction of sp³-hybridized carbons (Fsp3) is 0.667. The fourth-order valence-electron chi connectivity index (χ4n) is 3.86. The number of hydrogen-bond acceptors (Lipinski definition) is 4. The minimum absolute atomic E-state index is 0.0130. The Kier molecular flexibility index (Phi) is 10.7. The first-order valence-corrected chi connectivity index (χ1v) is 11.7. The molecule has 1 aliphatic heterocycles. The molecule has 1 aromatic carbocycles. The van der Waals surface area contributed by atoms with Crippen molar-refractivity contribution in [2.45, 2.75) is 65.7 Å². The number of ether oxygens (including phenoxy) is 1. The van der Waals surface area contributed by atoms with Gasteiger partial charge in [0.15, 0.2) is 0 Å². The fourth-order valence-corrected chi connectivity index (χ4v) is 3.86. The van der Waals surface area contributed by atoms with Gasteiger partial charge in [-0.25, -0.2) is 0 Å². The molecule has 1 atom stereocenters. The highest BCUT2D eigenvalue weighted by atomic mass is 16.5. The van der Waals surface area contributed by atoms with Gasteiger partial charge in [-0.15, -0.1) is 0 Å². The smallest absolute Gasteiger partial charge is 0.253 e. The Morgan fingerprint density at radius 2 is 1.90 bits per heavy atom. The number of carbonyl (C=O) groups excluding carboxylic acids is 2. The van der Waals surface area contributed by atoms with Crippen molar-refractivity contribution >= 4 is 23.2 Å². The highest BCUT2D eigenvalue weighted by Gasteiger charge is 2.21. The molecule has 1 unspecified atom stereocenters. The van der Waals surface area contributed by atoms with E-state index in [1.54, 1.807) is 0 Å². The standard InChI is InChI=1S/C24H39N3O3/c1-4-7-11-19(5-2)23(28)26-20-12-13-22(27-15-8-9-16-27)21(18-20)24(29)25-14-10-17-30-6-3/h12-13,18-19H,4-11,14-17H2,1-3H3,(H,25,29)(H,26,28). The molecule has 0 radical (unpaired) electrons. The second-order valence-electron chi connectivity index (χ2n) is 7.97. The molecule has 2 amide bonds. The number of benzene rings is 1. The van der Waals surface area contributed by atoms with Crippen molar-refractivity contribution in [1.29, 1.82) is 0 Å². The topological polar surface area (TPSA) is 70.7 Å². The molecule has 1 aromatic rings. The van der Waals surface area contributed by atoms with Gasteiger partial charge in [0.25, 0.3) is 5.91 Å². The molecule has 0 aromatic heterocycles. The van der Waals surface area contributed by atoms with Crippen LogP contribution in [0.25, 0.3) is 0 Å². The maximum atomic E-state index is 12.9. The van der Waals surface area contributed by atoms with E-state index >= 15 is 0 Å². The number of hydrogen-bond donors (Lipinski definition) is 2. The van der Waals surface area contributed by atoms with E-state index in [0.717, 1.165) is 63.7 Å². The average Bonchev–Trinajstić information content (AvgIpc) is 3.28. The van der Waals surface area contributed by atoms with E-state index in [4.69, 9.17) is 4.74 Å². The number of rotatable bonds is 13. The maximum absolute atomic E-state index is 12.9. The SMILES string of the molecule is CCCCC(CC)C(=O)Nc1ccc(N2CCCC2)c(C(=O)NCCCOCC)c1. The van der Waals surface area contributed by atoms with E-state index in [0.29, 0.717) is 31.0 Å². The first-order chi connectivity index (χ1) is 14.6. The lowest BCUT2D eigenvalue weighted by molar-refractivity contribution is -0.120. The van der Waals surface area contributed by atoms with Gasteiger partial charge in [-0.1, -0.05) is 26.7 Å². The summed E-state index contributed by atoms with van der Waals surface area (Å²) in [7, 11) is 0. The summed E-state index contributed by atoms with van der Waals surface area (Å²) in [5, 5.41) is 6.05. The van der Waals surface area contributed by atoms with Crippen LogP contribution in [-0.4, -0.2) is 44.7 Å². The van der Waals surface area contributed by atoms with Crippen LogP contribution in [0.1, 0.15) is 76.1 Å². The monoisotopic (exact) mass is 417 g/mol. The Hall–Kier alpha value is -2.08. The highest BCUT2D eigenvalue weighted by Crippen LogP contribution is 2.28. The number of amides is 2. The minimum Gasteiger partial charge on any atom is -0.382 e. The number of nitrogens with one attached hydrogen (secondary N) is 2. The normalized spacial score (nSPS) is 14.6. The van der Waals surface area contributed by atoms with Crippen molar-refractivity contribution in [3.63, 3.8) is 0 Å². The minimum atomic E-state index is -0.0949. The zero-order chi connectivity index (χ0) is 21.8. The van der Waals surface area contributed by atoms with Crippen LogP contribution in [0.3, 0.4) is 0 Å². The molecule has 0 spiro atoms. The summed E-state index contributed by atoms with van der Waals surface area (Å²) >= 11 is 0. The Balaban J connectivity index is 2.11. The Morgan fingerprint density at radius 3 is 2.57 bits per heavy atom. The second kappa shape index (κ2) is 13.3. The lowest BCUT2D eigenvalue weighted by Crippen LogP contribution is -2.29. The second-order valence-corrected chi connectivity index (χ2v) is 7.97. The molecule has 1 aliphatic rings. The Morgan fingerprint density at radius 1 is 1.13 bits per heavy atom. The third-order valence-electron chi connectivity index (χ3n) is 5.68. The number of carbonyl (C=O) groups is 2. The van der Waals surface area contributed by atoms with Gasteiger partial charge in [-0.05, 0) is 57.2 Å². The summed E-state index contributed by atoms with van der Waals surface area (Å²) in [5.74, 6) is -0.0375. The summed E-state index contributed by atoms with van der Waals surface area (Å²) in [6, 6.07) is 5.73. The molecule has 0 saturated carbocycles. The van der Waals surface area contributed by atoms with Gasteiger partial charge in [0.2, 0.25) is 5.91 Å². The van der Waals surface area contributed by atoms with Crippen molar-refractivity contribution < 1.29 is 14.3 Å². The molecule has 0 aliphatic carbocycles. The molecule has 2 N–H and O–H groups in total. The van der Waals surface area contributed by atoms with Gasteiger partial charge in [-0.3, -0.25) is 9.59 Å². The summed E-state index contributed by atoms with van der Waals surface area (Å²) in [4.78, 5) is 27.9. The molecule has 0 bridgehead atoms. The van der Waals surface area contributed by atoms with Crippen molar-refractivity contribution in [3.8, 4) is 0 Å². The number of nitrogens with zero attached hydrogens (tertiary/aromatic N) is 1. The average molecular weight is 418 g/mol. The van der Waals surface area contributed by atoms with Crippen LogP contribution in [-0.2, 0) is 9.53 Å². The molecule has 168 valence electrons. The first kappa shape index (κ1) is 24.2. The number of anilines is 2. The van der Waals surface area contributed by atoms with Crippen LogP contribution < -0.4 is 15.5 Å². The lowest BCUT2D eigenvalue weighted by atomic mass is 9.98. The molecular formula is C24H39N3O3. The molecule has 6 heteroatoms. The van der Waals surface area contributed by atoms with Crippen LogP contribution >= 0.6 is 0 Å². The van der Waals surface area contributed by atoms with Crippen molar-refractivity contribution in [2.75, 3.05) is 43.1 Å². The molecule has 1 heterocycles. The summed E-state index contributed by atoms with van der Waals surface area (Å²) in [6.07, 6.45) is 6.93. The van der Waals surface area contributed by atoms with Crippen LogP contribution in [0.15, 0.2) is 18.2 Å². The Labute approximate surface area is 181 Å². The molecule has 30 heavy (non-hydrogen) atoms. The third-order valence-corrected chi connectivity index (χ3v) is 5.68. The third kappa shape index (κ3) is 7.31. The summed E-state index contributed by atoms with van der Waals surface area (Å²) < 4.78 is 5.34. The van der Waals surface area contributed by atoms with Gasteiger partial charge >= 0.3 is 0 Å². The van der Waals surface area contributed by atoms with Gasteiger partial charge in [0.1, 0.15) is 0 Å². The summed E-state index contributed by atoms with van der Waals surface area (Å²) in [5.41, 5.74) is 2.27. The quantitative estimate of drug-likeness (QED) is 0.460. The van der Waals surface area contributed by atoms with E-state index in [-0.39, 0.29) is 17.7 Å². The largest absolute Gasteiger partial charge is 0.382 e. The molecular weight excluding hydrogens is 378 g/mol. The van der Waals surface area contributed by atoms with Crippen LogP contribution in [0, 0.1) is 5.92 Å². The van der Waals surface area contributed by atoms with E-state index in [2.05, 4.69) is 29.4 Å². The molecule has 6 nitrogen and oxygen atoms in total. The molecule has 1 fully saturated rings. The van der Waals surface area contributed by atoms with Crippen molar-refractivity contribution in [2.24, 2.45) is 5.92 Å². The maximum Gasteiger partial charge on any atom is 0.253 e. The van der Waals surface area contributed by atoms with Gasteiger partial charge < -0.3 is 20.3 Å². The van der Waals surface area contributed by atoms with Gasteiger partial charge in [0, 0.05) is 50.1 Å². The predicted octanol–water partition coefficient (Wildman–Crippen LogP) is 4.60. The van der Waals surface area contributed by atoms with Crippen molar-refractivity contribution in [3.05, 3.63) is 23.8 Å². The number of unbranched alkanes of at least 4 members (excludes halogenated alkanes) is 1. The van der Waals surface area contributed by atoms with E-state index < -0.39 is 0 Å². The van der Waals surface area contributed by atoms with Crippen molar-refractivity contribution in [1.82, 2.24) is 5.32 Å². The van der Waals surface area contributed by atoms with Crippen LogP contribution in [0.5, 0.6) is 0 Å². The zero-order valence-corrected chi connectivity index (χ0v) is 19.0. The van der Waals surface area contributed by atoms with Gasteiger partial charge in [-0.2, -0.15) is 0 Å². The first-order valence-electron chi connectivity index (χ1n) is 11.7. The van der Waals surface area contributed by atoms with Crippen LogP contribution in [0.4, 0.5) is 11.4 Å². The Bertz CT molecular complexity index is 672. The highest BCUT2D eigenvalue weighted by molar-refractivity contribution is 6.02. The zero-order valence-electron chi connectivity index (χ0n) is 19.0. The molecule has 1 saturated heterocycles. The van der Waals surface area contributed by atoms with E-state index in [1.165, 1.54) is 0 Å². The summed E-state index contributed by atoms with van der Waals surface area (Å²) in [6.45, 7) is 9.98. The molecule has 2 rings (SSSR count). The van der Waals surface area contributed by atoms with Gasteiger partial charge in [0.05, 0.1) is 5.56 Å². The van der Waals surface area contributed by atoms with Crippen LogP contribution in [0.2, 0.25) is 0 Å². The van der Waals surface area contributed by atoms with E-state index in [9.17, 15) is 9.59 Å². The lowest BCUT2D eigenvalue weighted by Gasteiger charge is -2.22. The van der Waals surface area contributed by atoms with E-state index in [1.807, 2.05) is 25.1 Å². The predicted molar refractivity (Wildman–Crippen MR) is 123 cm³/mol.